The second-order valence-electron chi connectivity index (χ2n) is 5.30. The Morgan fingerprint density at radius 1 is 1.21 bits per heavy atom. The zero-order valence-corrected chi connectivity index (χ0v) is 13.9. The summed E-state index contributed by atoms with van der Waals surface area (Å²) in [5.41, 5.74) is 2.02. The maximum absolute atomic E-state index is 13.4. The molecule has 2 N–H and O–H groups in total. The number of halogens is 1. The van der Waals surface area contributed by atoms with Crippen molar-refractivity contribution in [2.75, 3.05) is 13.7 Å². The molecule has 0 aliphatic heterocycles. The van der Waals surface area contributed by atoms with E-state index in [-0.39, 0.29) is 17.2 Å². The summed E-state index contributed by atoms with van der Waals surface area (Å²) >= 11 is 0. The number of H-pyrrole nitrogens is 1. The van der Waals surface area contributed by atoms with E-state index in [0.29, 0.717) is 6.42 Å². The molecule has 7 heteroatoms. The fourth-order valence-corrected chi connectivity index (χ4v) is 3.81. The van der Waals surface area contributed by atoms with Crippen LogP contribution in [-0.2, 0) is 16.4 Å². The maximum atomic E-state index is 13.4. The lowest BCUT2D eigenvalue weighted by molar-refractivity contribution is 0.400. The van der Waals surface area contributed by atoms with Crippen LogP contribution in [-0.4, -0.2) is 27.1 Å². The van der Waals surface area contributed by atoms with Gasteiger partial charge in [0.05, 0.1) is 7.11 Å². The first-order chi connectivity index (χ1) is 11.5. The van der Waals surface area contributed by atoms with Crippen molar-refractivity contribution in [1.82, 2.24) is 9.71 Å². The Bertz CT molecular complexity index is 967. The molecule has 2 aromatic carbocycles. The minimum atomic E-state index is -3.86. The number of sulfonamides is 1. The first-order valence-electron chi connectivity index (χ1n) is 7.39. The van der Waals surface area contributed by atoms with Crippen molar-refractivity contribution in [3.63, 3.8) is 0 Å². The van der Waals surface area contributed by atoms with Crippen molar-refractivity contribution in [2.24, 2.45) is 0 Å². The van der Waals surface area contributed by atoms with Gasteiger partial charge in [0.15, 0.2) is 0 Å². The van der Waals surface area contributed by atoms with Crippen LogP contribution in [0.2, 0.25) is 0 Å². The maximum Gasteiger partial charge on any atom is 0.244 e. The van der Waals surface area contributed by atoms with Crippen LogP contribution in [0.25, 0.3) is 10.9 Å². The molecule has 0 saturated carbocycles. The van der Waals surface area contributed by atoms with E-state index in [4.69, 9.17) is 4.74 Å². The van der Waals surface area contributed by atoms with E-state index in [0.717, 1.165) is 28.6 Å². The molecule has 0 amide bonds. The predicted molar refractivity (Wildman–Crippen MR) is 90.1 cm³/mol. The van der Waals surface area contributed by atoms with Gasteiger partial charge in [-0.05, 0) is 36.2 Å². The summed E-state index contributed by atoms with van der Waals surface area (Å²) in [6, 6.07) is 11.2. The molecule has 0 fully saturated rings. The lowest BCUT2D eigenvalue weighted by Gasteiger charge is -2.10. The van der Waals surface area contributed by atoms with Gasteiger partial charge in [0.25, 0.3) is 0 Å². The quantitative estimate of drug-likeness (QED) is 0.720. The average molecular weight is 348 g/mol. The molecule has 3 aromatic rings. The Labute approximate surface area is 139 Å². The summed E-state index contributed by atoms with van der Waals surface area (Å²) in [4.78, 5) is 2.94. The highest BCUT2D eigenvalue weighted by Gasteiger charge is 2.20. The van der Waals surface area contributed by atoms with Gasteiger partial charge in [0, 0.05) is 23.6 Å². The third-order valence-electron chi connectivity index (χ3n) is 3.78. The zero-order valence-electron chi connectivity index (χ0n) is 13.0. The van der Waals surface area contributed by atoms with Crippen LogP contribution < -0.4 is 9.46 Å². The Morgan fingerprint density at radius 3 is 2.79 bits per heavy atom. The molecule has 0 radical (unpaired) electrons. The third-order valence-corrected chi connectivity index (χ3v) is 5.26. The monoisotopic (exact) mass is 348 g/mol. The lowest BCUT2D eigenvalue weighted by Crippen LogP contribution is -2.26. The molecule has 0 aliphatic rings. The molecular formula is C17H17FN2O3S. The number of hydrogen-bond donors (Lipinski definition) is 2. The summed E-state index contributed by atoms with van der Waals surface area (Å²) in [5, 5.41) is 1.06. The molecule has 0 bridgehead atoms. The van der Waals surface area contributed by atoms with Crippen LogP contribution in [0.3, 0.4) is 0 Å². The molecule has 1 heterocycles. The van der Waals surface area contributed by atoms with Crippen molar-refractivity contribution in [2.45, 2.75) is 11.3 Å². The van der Waals surface area contributed by atoms with E-state index in [1.54, 1.807) is 0 Å². The summed E-state index contributed by atoms with van der Waals surface area (Å²) in [6.07, 6.45) is 2.38. The zero-order chi connectivity index (χ0) is 17.2. The minimum Gasteiger partial charge on any atom is -0.495 e. The minimum absolute atomic E-state index is 0.107. The third kappa shape index (κ3) is 3.27. The highest BCUT2D eigenvalue weighted by molar-refractivity contribution is 7.89. The van der Waals surface area contributed by atoms with Gasteiger partial charge in [0.1, 0.15) is 16.5 Å². The summed E-state index contributed by atoms with van der Waals surface area (Å²) in [7, 11) is -2.51. The molecule has 5 nitrogen and oxygen atoms in total. The van der Waals surface area contributed by atoms with Gasteiger partial charge in [-0.1, -0.05) is 18.2 Å². The number of benzene rings is 2. The largest absolute Gasteiger partial charge is 0.495 e. The highest BCUT2D eigenvalue weighted by Crippen LogP contribution is 2.24. The second kappa shape index (κ2) is 6.62. The van der Waals surface area contributed by atoms with Crippen LogP contribution in [0, 0.1) is 5.82 Å². The van der Waals surface area contributed by atoms with Crippen molar-refractivity contribution in [3.05, 3.63) is 60.0 Å². The number of aromatic nitrogens is 1. The van der Waals surface area contributed by atoms with Crippen molar-refractivity contribution in [3.8, 4) is 5.75 Å². The SMILES string of the molecule is COc1ccc(F)cc1S(=O)(=O)NCCc1c[nH]c2ccccc12. The van der Waals surface area contributed by atoms with Gasteiger partial charge in [-0.25, -0.2) is 17.5 Å². The lowest BCUT2D eigenvalue weighted by atomic mass is 10.1. The number of methoxy groups -OCH3 is 1. The first-order valence-corrected chi connectivity index (χ1v) is 8.88. The van der Waals surface area contributed by atoms with Gasteiger partial charge in [-0.2, -0.15) is 0 Å². The smallest absolute Gasteiger partial charge is 0.244 e. The Hall–Kier alpha value is -2.38. The fraction of sp³-hybridized carbons (Fsp3) is 0.176. The van der Waals surface area contributed by atoms with Gasteiger partial charge in [0.2, 0.25) is 10.0 Å². The Balaban J connectivity index is 1.75. The molecule has 3 rings (SSSR count). The molecule has 1 aromatic heterocycles. The van der Waals surface area contributed by atoms with E-state index < -0.39 is 15.8 Å². The number of nitrogens with one attached hydrogen (secondary N) is 2. The predicted octanol–water partition coefficient (Wildman–Crippen LogP) is 2.84. The van der Waals surface area contributed by atoms with Crippen LogP contribution >= 0.6 is 0 Å². The molecule has 0 unspecified atom stereocenters. The van der Waals surface area contributed by atoms with E-state index in [1.165, 1.54) is 13.2 Å². The van der Waals surface area contributed by atoms with Crippen molar-refractivity contribution in [1.29, 1.82) is 0 Å². The van der Waals surface area contributed by atoms with Crippen molar-refractivity contribution < 1.29 is 17.5 Å². The molecule has 0 spiro atoms. The van der Waals surface area contributed by atoms with Gasteiger partial charge in [-0.15, -0.1) is 0 Å². The van der Waals surface area contributed by atoms with Gasteiger partial charge in [-0.3, -0.25) is 0 Å². The molecule has 0 saturated heterocycles. The number of para-hydroxylation sites is 1. The molecular weight excluding hydrogens is 331 g/mol. The number of fused-ring (bicyclic) bond motifs is 1. The number of hydrogen-bond acceptors (Lipinski definition) is 3. The summed E-state index contributed by atoms with van der Waals surface area (Å²) < 4.78 is 45.7. The second-order valence-corrected chi connectivity index (χ2v) is 7.04. The average Bonchev–Trinajstić information content (AvgIpc) is 2.98. The number of rotatable bonds is 6. The van der Waals surface area contributed by atoms with E-state index >= 15 is 0 Å². The molecule has 0 atom stereocenters. The number of aromatic amines is 1. The van der Waals surface area contributed by atoms with Gasteiger partial charge < -0.3 is 9.72 Å². The number of ether oxygens (including phenoxy) is 1. The Morgan fingerprint density at radius 2 is 2.00 bits per heavy atom. The molecule has 126 valence electrons. The summed E-state index contributed by atoms with van der Waals surface area (Å²) in [6.45, 7) is 0.198. The normalized spacial score (nSPS) is 11.8. The van der Waals surface area contributed by atoms with E-state index in [1.807, 2.05) is 30.5 Å². The van der Waals surface area contributed by atoms with Crippen LogP contribution in [0.4, 0.5) is 4.39 Å². The van der Waals surface area contributed by atoms with Gasteiger partial charge >= 0.3 is 0 Å². The summed E-state index contributed by atoms with van der Waals surface area (Å²) in [5.74, 6) is -0.524. The Kier molecular flexibility index (Phi) is 4.55. The van der Waals surface area contributed by atoms with Crippen LogP contribution in [0.15, 0.2) is 53.6 Å². The van der Waals surface area contributed by atoms with Crippen LogP contribution in [0.1, 0.15) is 5.56 Å². The van der Waals surface area contributed by atoms with E-state index in [9.17, 15) is 12.8 Å². The van der Waals surface area contributed by atoms with Crippen LogP contribution in [0.5, 0.6) is 5.75 Å². The first kappa shape index (κ1) is 16.5. The molecule has 24 heavy (non-hydrogen) atoms. The molecule has 0 aliphatic carbocycles. The standard InChI is InChI=1S/C17H17FN2O3S/c1-23-16-7-6-13(18)10-17(16)24(21,22)20-9-8-12-11-19-15-5-3-2-4-14(12)15/h2-7,10-11,19-20H,8-9H2,1H3. The van der Waals surface area contributed by atoms with E-state index in [2.05, 4.69) is 9.71 Å². The topological polar surface area (TPSA) is 71.2 Å². The van der Waals surface area contributed by atoms with Crippen molar-refractivity contribution >= 4 is 20.9 Å². The fourth-order valence-electron chi connectivity index (χ4n) is 2.60. The highest BCUT2D eigenvalue weighted by atomic mass is 32.2.